The van der Waals surface area contributed by atoms with Crippen LogP contribution in [0.15, 0.2) is 46.9 Å². The largest absolute Gasteiger partial charge is 0.0786 e. The van der Waals surface area contributed by atoms with E-state index in [1.54, 1.807) is 0 Å². The fraction of sp³-hybridized carbons (Fsp3) is 0.333. The zero-order valence-electron chi connectivity index (χ0n) is 12.2. The summed E-state index contributed by atoms with van der Waals surface area (Å²) in [6, 6.07) is 15.5. The van der Waals surface area contributed by atoms with E-state index < -0.39 is 0 Å². The lowest BCUT2D eigenvalue weighted by Crippen LogP contribution is -1.96. The number of hydrogen-bond acceptors (Lipinski definition) is 0. The number of aryl methyl sites for hydroxylation is 1. The summed E-state index contributed by atoms with van der Waals surface area (Å²) >= 11 is 7.41. The van der Waals surface area contributed by atoms with E-state index in [1.807, 2.05) is 0 Å². The van der Waals surface area contributed by atoms with Gasteiger partial charge in [-0.05, 0) is 47.6 Å². The molecule has 0 amide bonds. The Morgan fingerprint density at radius 2 is 1.55 bits per heavy atom. The van der Waals surface area contributed by atoms with Crippen LogP contribution in [0.3, 0.4) is 0 Å². The molecule has 2 heteroatoms. The van der Waals surface area contributed by atoms with Crippen molar-refractivity contribution in [2.24, 2.45) is 5.92 Å². The Morgan fingerprint density at radius 1 is 0.950 bits per heavy atom. The average molecular weight is 396 g/mol. The highest BCUT2D eigenvalue weighted by Crippen LogP contribution is 2.33. The third-order valence-corrected chi connectivity index (χ3v) is 5.32. The van der Waals surface area contributed by atoms with E-state index in [9.17, 15) is 0 Å². The van der Waals surface area contributed by atoms with Gasteiger partial charge in [0, 0.05) is 4.47 Å². The summed E-state index contributed by atoms with van der Waals surface area (Å²) < 4.78 is 1.16. The number of benzene rings is 2. The van der Waals surface area contributed by atoms with Crippen LogP contribution in [0.5, 0.6) is 0 Å². The first-order valence-electron chi connectivity index (χ1n) is 6.96. The van der Waals surface area contributed by atoms with E-state index in [0.717, 1.165) is 10.9 Å². The van der Waals surface area contributed by atoms with Crippen molar-refractivity contribution in [1.29, 1.82) is 0 Å². The average Bonchev–Trinajstić information content (AvgIpc) is 2.41. The van der Waals surface area contributed by atoms with Gasteiger partial charge in [0.15, 0.2) is 0 Å². The molecule has 0 radical (unpaired) electrons. The van der Waals surface area contributed by atoms with Crippen molar-refractivity contribution in [3.63, 3.8) is 0 Å². The standard InChI is InChI=1S/C18H20Br2/c1-12(2)10-14-5-8-15(9-6-14)18(20)16-7-4-13(3)17(19)11-16/h4-9,11-12,18H,10H2,1-3H3. The molecule has 0 bridgehead atoms. The summed E-state index contributed by atoms with van der Waals surface area (Å²) in [5.41, 5.74) is 5.25. The van der Waals surface area contributed by atoms with Crippen molar-refractivity contribution in [3.8, 4) is 0 Å². The van der Waals surface area contributed by atoms with Crippen molar-refractivity contribution in [3.05, 3.63) is 69.2 Å². The number of rotatable bonds is 4. The van der Waals surface area contributed by atoms with E-state index in [-0.39, 0.29) is 4.83 Å². The predicted octanol–water partition coefficient (Wildman–Crippen LogP) is 6.44. The Morgan fingerprint density at radius 3 is 2.10 bits per heavy atom. The van der Waals surface area contributed by atoms with Gasteiger partial charge < -0.3 is 0 Å². The van der Waals surface area contributed by atoms with Gasteiger partial charge >= 0.3 is 0 Å². The maximum Gasteiger partial charge on any atom is 0.0645 e. The quantitative estimate of drug-likeness (QED) is 0.522. The Kier molecular flexibility index (Phi) is 5.45. The molecular formula is C18H20Br2. The third kappa shape index (κ3) is 3.95. The van der Waals surface area contributed by atoms with Gasteiger partial charge in [-0.1, -0.05) is 82.1 Å². The highest BCUT2D eigenvalue weighted by Gasteiger charge is 2.11. The maximum absolute atomic E-state index is 3.81. The second-order valence-corrected chi connectivity index (χ2v) is 7.48. The fourth-order valence-electron chi connectivity index (χ4n) is 2.25. The molecule has 2 aromatic rings. The Balaban J connectivity index is 2.20. The molecule has 0 aromatic heterocycles. The van der Waals surface area contributed by atoms with Crippen LogP contribution in [0, 0.1) is 12.8 Å². The van der Waals surface area contributed by atoms with Crippen LogP contribution in [0.25, 0.3) is 0 Å². The summed E-state index contributed by atoms with van der Waals surface area (Å²) in [4.78, 5) is 0.243. The molecule has 1 atom stereocenters. The predicted molar refractivity (Wildman–Crippen MR) is 94.6 cm³/mol. The molecule has 1 unspecified atom stereocenters. The van der Waals surface area contributed by atoms with E-state index in [1.165, 1.54) is 22.3 Å². The minimum Gasteiger partial charge on any atom is -0.0786 e. The van der Waals surface area contributed by atoms with Gasteiger partial charge in [-0.3, -0.25) is 0 Å². The molecular weight excluding hydrogens is 376 g/mol. The van der Waals surface area contributed by atoms with Crippen LogP contribution in [0.1, 0.15) is 40.9 Å². The van der Waals surface area contributed by atoms with Gasteiger partial charge in [-0.25, -0.2) is 0 Å². The fourth-order valence-corrected chi connectivity index (χ4v) is 3.24. The van der Waals surface area contributed by atoms with Crippen molar-refractivity contribution in [1.82, 2.24) is 0 Å². The van der Waals surface area contributed by atoms with Gasteiger partial charge in [0.05, 0.1) is 4.83 Å². The Bertz CT molecular complexity index is 570. The van der Waals surface area contributed by atoms with Crippen LogP contribution in [0.2, 0.25) is 0 Å². The highest BCUT2D eigenvalue weighted by atomic mass is 79.9. The van der Waals surface area contributed by atoms with E-state index in [0.29, 0.717) is 5.92 Å². The minimum atomic E-state index is 0.243. The zero-order valence-corrected chi connectivity index (χ0v) is 15.3. The topological polar surface area (TPSA) is 0 Å². The maximum atomic E-state index is 3.81. The summed E-state index contributed by atoms with van der Waals surface area (Å²) in [5, 5.41) is 0. The number of hydrogen-bond donors (Lipinski definition) is 0. The number of halogens is 2. The molecule has 0 saturated heterocycles. The van der Waals surface area contributed by atoms with Crippen molar-refractivity contribution >= 4 is 31.9 Å². The summed E-state index contributed by atoms with van der Waals surface area (Å²) in [6.07, 6.45) is 1.14. The number of alkyl halides is 1. The molecule has 0 aliphatic carbocycles. The van der Waals surface area contributed by atoms with Crippen molar-refractivity contribution < 1.29 is 0 Å². The lowest BCUT2D eigenvalue weighted by atomic mass is 9.99. The molecule has 0 heterocycles. The highest BCUT2D eigenvalue weighted by molar-refractivity contribution is 9.10. The smallest absolute Gasteiger partial charge is 0.0645 e. The SMILES string of the molecule is Cc1ccc(C(Br)c2ccc(CC(C)C)cc2)cc1Br. The van der Waals surface area contributed by atoms with Crippen LogP contribution in [0.4, 0.5) is 0 Å². The molecule has 0 saturated carbocycles. The van der Waals surface area contributed by atoms with Crippen molar-refractivity contribution in [2.45, 2.75) is 32.0 Å². The third-order valence-electron chi connectivity index (χ3n) is 3.40. The van der Waals surface area contributed by atoms with Crippen LogP contribution in [-0.4, -0.2) is 0 Å². The summed E-state index contributed by atoms with van der Waals surface area (Å²) in [6.45, 7) is 6.62. The van der Waals surface area contributed by atoms with Crippen LogP contribution in [-0.2, 0) is 6.42 Å². The normalized spacial score (nSPS) is 12.7. The Labute approximate surface area is 138 Å². The van der Waals surface area contributed by atoms with Gasteiger partial charge in [-0.15, -0.1) is 0 Å². The monoisotopic (exact) mass is 394 g/mol. The van der Waals surface area contributed by atoms with E-state index in [4.69, 9.17) is 0 Å². The molecule has 20 heavy (non-hydrogen) atoms. The molecule has 106 valence electrons. The van der Waals surface area contributed by atoms with Gasteiger partial charge in [0.1, 0.15) is 0 Å². The lowest BCUT2D eigenvalue weighted by molar-refractivity contribution is 0.647. The van der Waals surface area contributed by atoms with Crippen LogP contribution < -0.4 is 0 Å². The lowest BCUT2D eigenvalue weighted by Gasteiger charge is -2.13. The Hall–Kier alpha value is -0.600. The van der Waals surface area contributed by atoms with Crippen LogP contribution >= 0.6 is 31.9 Å². The first kappa shape index (κ1) is 15.8. The second-order valence-electron chi connectivity index (χ2n) is 5.71. The molecule has 0 spiro atoms. The summed E-state index contributed by atoms with van der Waals surface area (Å²) in [7, 11) is 0. The molecule has 0 aliphatic rings. The molecule has 0 N–H and O–H groups in total. The van der Waals surface area contributed by atoms with Gasteiger partial charge in [0.2, 0.25) is 0 Å². The van der Waals surface area contributed by atoms with Gasteiger partial charge in [0.25, 0.3) is 0 Å². The second kappa shape index (κ2) is 6.91. The molecule has 2 rings (SSSR count). The first-order valence-corrected chi connectivity index (χ1v) is 8.67. The van der Waals surface area contributed by atoms with E-state index in [2.05, 4.69) is 95.1 Å². The molecule has 0 fully saturated rings. The first-order chi connectivity index (χ1) is 9.47. The van der Waals surface area contributed by atoms with Gasteiger partial charge in [-0.2, -0.15) is 0 Å². The minimum absolute atomic E-state index is 0.243. The van der Waals surface area contributed by atoms with E-state index >= 15 is 0 Å². The molecule has 2 aromatic carbocycles. The molecule has 0 aliphatic heterocycles. The molecule has 0 nitrogen and oxygen atoms in total. The van der Waals surface area contributed by atoms with Crippen molar-refractivity contribution in [2.75, 3.05) is 0 Å². The summed E-state index contributed by atoms with van der Waals surface area (Å²) in [5.74, 6) is 0.702. The zero-order chi connectivity index (χ0) is 14.7.